The van der Waals surface area contributed by atoms with Crippen molar-refractivity contribution in [1.82, 2.24) is 14.3 Å². The van der Waals surface area contributed by atoms with Gasteiger partial charge in [-0.2, -0.15) is 0 Å². The molecule has 0 amide bonds. The summed E-state index contributed by atoms with van der Waals surface area (Å²) in [6, 6.07) is 8.53. The van der Waals surface area contributed by atoms with E-state index in [0.29, 0.717) is 13.1 Å². The first-order valence-electron chi connectivity index (χ1n) is 8.62. The molecule has 3 aromatic rings. The molecule has 2 aromatic heterocycles. The van der Waals surface area contributed by atoms with Gasteiger partial charge in [0.05, 0.1) is 16.5 Å². The van der Waals surface area contributed by atoms with Crippen molar-refractivity contribution in [2.24, 2.45) is 0 Å². The summed E-state index contributed by atoms with van der Waals surface area (Å²) >= 11 is 1.56. The van der Waals surface area contributed by atoms with Gasteiger partial charge in [-0.25, -0.2) is 27.1 Å². The summed E-state index contributed by atoms with van der Waals surface area (Å²) < 4.78 is 38.9. The van der Waals surface area contributed by atoms with Gasteiger partial charge in [-0.1, -0.05) is 12.1 Å². The van der Waals surface area contributed by atoms with Crippen LogP contribution in [0.15, 0.2) is 36.7 Å². The molecular weight excluding hydrogens is 387 g/mol. The van der Waals surface area contributed by atoms with Gasteiger partial charge in [-0.3, -0.25) is 0 Å². The fourth-order valence-corrected chi connectivity index (χ4v) is 5.18. The Morgan fingerprint density at radius 3 is 2.56 bits per heavy atom. The van der Waals surface area contributed by atoms with E-state index in [1.54, 1.807) is 23.5 Å². The van der Waals surface area contributed by atoms with E-state index in [9.17, 15) is 12.8 Å². The Morgan fingerprint density at radius 1 is 1.19 bits per heavy atom. The fourth-order valence-electron chi connectivity index (χ4n) is 3.24. The molecule has 27 heavy (non-hydrogen) atoms. The maximum absolute atomic E-state index is 13.2. The maximum Gasteiger partial charge on any atom is 0.211 e. The monoisotopic (exact) mass is 406 g/mol. The average molecular weight is 407 g/mol. The van der Waals surface area contributed by atoms with E-state index < -0.39 is 10.0 Å². The lowest BCUT2D eigenvalue weighted by Gasteiger charge is -2.30. The number of nitrogens with zero attached hydrogens (tertiary/aromatic N) is 3. The van der Waals surface area contributed by atoms with E-state index in [2.05, 4.69) is 15.3 Å². The number of benzene rings is 1. The molecule has 9 heteroatoms. The lowest BCUT2D eigenvalue weighted by molar-refractivity contribution is 0.331. The van der Waals surface area contributed by atoms with Gasteiger partial charge in [0.15, 0.2) is 0 Å². The van der Waals surface area contributed by atoms with Gasteiger partial charge < -0.3 is 5.32 Å². The molecule has 1 saturated heterocycles. The predicted octanol–water partition coefficient (Wildman–Crippen LogP) is 3.33. The summed E-state index contributed by atoms with van der Waals surface area (Å²) in [5, 5.41) is 3.45. The Labute approximate surface area is 161 Å². The quantitative estimate of drug-likeness (QED) is 0.719. The van der Waals surface area contributed by atoms with Crippen molar-refractivity contribution >= 4 is 37.4 Å². The number of halogens is 1. The smallest absolute Gasteiger partial charge is 0.211 e. The molecule has 142 valence electrons. The highest BCUT2D eigenvalue weighted by molar-refractivity contribution is 7.88. The second kappa shape index (κ2) is 7.14. The molecule has 1 fully saturated rings. The van der Waals surface area contributed by atoms with E-state index in [1.807, 2.05) is 6.07 Å². The number of thiophene rings is 1. The zero-order valence-corrected chi connectivity index (χ0v) is 16.4. The Morgan fingerprint density at radius 2 is 1.89 bits per heavy atom. The van der Waals surface area contributed by atoms with Crippen LogP contribution in [0.25, 0.3) is 20.7 Å². The van der Waals surface area contributed by atoms with Crippen molar-refractivity contribution in [3.8, 4) is 10.4 Å². The van der Waals surface area contributed by atoms with Crippen LogP contribution in [-0.4, -0.2) is 48.1 Å². The predicted molar refractivity (Wildman–Crippen MR) is 106 cm³/mol. The highest BCUT2D eigenvalue weighted by Crippen LogP contribution is 2.36. The summed E-state index contributed by atoms with van der Waals surface area (Å²) in [6.45, 7) is 1.02. The van der Waals surface area contributed by atoms with Crippen LogP contribution in [0.1, 0.15) is 12.8 Å². The number of fused-ring (bicyclic) bond motifs is 1. The molecular formula is C18H19FN4O2S2. The first kappa shape index (κ1) is 18.3. The molecule has 1 aromatic carbocycles. The van der Waals surface area contributed by atoms with E-state index in [1.165, 1.54) is 29.0 Å². The Bertz CT molecular complexity index is 1060. The topological polar surface area (TPSA) is 75.2 Å². The van der Waals surface area contributed by atoms with Crippen molar-refractivity contribution in [2.75, 3.05) is 24.7 Å². The molecule has 4 rings (SSSR count). The number of nitrogens with one attached hydrogen (secondary N) is 1. The first-order chi connectivity index (χ1) is 12.9. The molecule has 1 aliphatic heterocycles. The average Bonchev–Trinajstić information content (AvgIpc) is 3.07. The number of sulfonamides is 1. The van der Waals surface area contributed by atoms with Gasteiger partial charge in [0.1, 0.15) is 18.0 Å². The zero-order chi connectivity index (χ0) is 19.0. The number of hydrogen-bond donors (Lipinski definition) is 1. The molecule has 3 heterocycles. The lowest BCUT2D eigenvalue weighted by Crippen LogP contribution is -2.41. The van der Waals surface area contributed by atoms with Crippen LogP contribution in [-0.2, 0) is 10.0 Å². The van der Waals surface area contributed by atoms with Crippen molar-refractivity contribution in [1.29, 1.82) is 0 Å². The number of piperidine rings is 1. The van der Waals surface area contributed by atoms with Crippen molar-refractivity contribution in [2.45, 2.75) is 18.9 Å². The van der Waals surface area contributed by atoms with Crippen LogP contribution in [0.3, 0.4) is 0 Å². The van der Waals surface area contributed by atoms with Gasteiger partial charge in [0.25, 0.3) is 0 Å². The number of rotatable bonds is 4. The Hall–Kier alpha value is -2.10. The molecule has 0 bridgehead atoms. The third-order valence-electron chi connectivity index (χ3n) is 4.70. The van der Waals surface area contributed by atoms with Crippen LogP contribution in [0.5, 0.6) is 0 Å². The Balaban J connectivity index is 1.55. The third kappa shape index (κ3) is 3.95. The molecule has 0 atom stereocenters. The van der Waals surface area contributed by atoms with E-state index in [4.69, 9.17) is 0 Å². The molecule has 1 N–H and O–H groups in total. The summed E-state index contributed by atoms with van der Waals surface area (Å²) in [4.78, 5) is 9.73. The SMILES string of the molecule is CS(=O)(=O)N1CCC(Nc2ncnc3cc(-c4ccc(F)cc4)sc23)CC1. The highest BCUT2D eigenvalue weighted by atomic mass is 32.2. The minimum Gasteiger partial charge on any atom is -0.366 e. The van der Waals surface area contributed by atoms with Crippen molar-refractivity contribution in [3.63, 3.8) is 0 Å². The maximum atomic E-state index is 13.2. The van der Waals surface area contributed by atoms with Crippen LogP contribution >= 0.6 is 11.3 Å². The number of hydrogen-bond acceptors (Lipinski definition) is 6. The molecule has 6 nitrogen and oxygen atoms in total. The third-order valence-corrected chi connectivity index (χ3v) is 7.19. The highest BCUT2D eigenvalue weighted by Gasteiger charge is 2.25. The van der Waals surface area contributed by atoms with Crippen LogP contribution in [0.2, 0.25) is 0 Å². The van der Waals surface area contributed by atoms with Crippen LogP contribution in [0.4, 0.5) is 10.2 Å². The molecule has 0 unspecified atom stereocenters. The zero-order valence-electron chi connectivity index (χ0n) is 14.7. The fraction of sp³-hybridized carbons (Fsp3) is 0.333. The lowest BCUT2D eigenvalue weighted by atomic mass is 10.1. The molecule has 0 aliphatic carbocycles. The summed E-state index contributed by atoms with van der Waals surface area (Å²) in [5.74, 6) is 0.499. The normalized spacial score (nSPS) is 16.7. The van der Waals surface area contributed by atoms with Crippen LogP contribution in [0, 0.1) is 5.82 Å². The second-order valence-corrected chi connectivity index (χ2v) is 9.67. The van der Waals surface area contributed by atoms with Gasteiger partial charge >= 0.3 is 0 Å². The van der Waals surface area contributed by atoms with E-state index >= 15 is 0 Å². The summed E-state index contributed by atoms with van der Waals surface area (Å²) in [5.41, 5.74) is 1.78. The molecule has 1 aliphatic rings. The molecule has 0 spiro atoms. The minimum atomic E-state index is -3.13. The number of anilines is 1. The number of aromatic nitrogens is 2. The van der Waals surface area contributed by atoms with Gasteiger partial charge in [-0.05, 0) is 36.6 Å². The molecule has 0 radical (unpaired) electrons. The van der Waals surface area contributed by atoms with E-state index in [-0.39, 0.29) is 11.9 Å². The van der Waals surface area contributed by atoms with Crippen molar-refractivity contribution in [3.05, 3.63) is 42.5 Å². The van der Waals surface area contributed by atoms with Gasteiger partial charge in [0.2, 0.25) is 10.0 Å². The summed E-state index contributed by atoms with van der Waals surface area (Å²) in [7, 11) is -3.13. The van der Waals surface area contributed by atoms with Crippen LogP contribution < -0.4 is 5.32 Å². The largest absolute Gasteiger partial charge is 0.366 e. The second-order valence-electron chi connectivity index (χ2n) is 6.63. The van der Waals surface area contributed by atoms with Crippen molar-refractivity contribution < 1.29 is 12.8 Å². The van der Waals surface area contributed by atoms with Gasteiger partial charge in [0, 0.05) is 24.0 Å². The van der Waals surface area contributed by atoms with E-state index in [0.717, 1.165) is 39.3 Å². The summed E-state index contributed by atoms with van der Waals surface area (Å²) in [6.07, 6.45) is 4.23. The standard InChI is InChI=1S/C18H19FN4O2S2/c1-27(24,25)23-8-6-14(7-9-23)22-18-17-15(20-11-21-18)10-16(26-17)12-2-4-13(19)5-3-12/h2-5,10-11,14H,6-9H2,1H3,(H,20,21,22). The first-order valence-corrected chi connectivity index (χ1v) is 11.3. The minimum absolute atomic E-state index is 0.164. The van der Waals surface area contributed by atoms with Gasteiger partial charge in [-0.15, -0.1) is 11.3 Å². The molecule has 0 saturated carbocycles. The Kier molecular flexibility index (Phi) is 4.83.